The van der Waals surface area contributed by atoms with Crippen molar-refractivity contribution in [2.45, 2.75) is 26.3 Å². The van der Waals surface area contributed by atoms with Crippen molar-refractivity contribution in [2.24, 2.45) is 0 Å². The van der Waals surface area contributed by atoms with Gasteiger partial charge in [-0.15, -0.1) is 0 Å². The molecule has 3 aromatic rings. The summed E-state index contributed by atoms with van der Waals surface area (Å²) in [5.41, 5.74) is 1.06. The number of hydrogen-bond donors (Lipinski definition) is 1. The lowest BCUT2D eigenvalue weighted by Gasteiger charge is -2.14. The monoisotopic (exact) mass is 417 g/mol. The first-order chi connectivity index (χ1) is 14.4. The molecule has 1 aromatic heterocycles. The van der Waals surface area contributed by atoms with Crippen molar-refractivity contribution in [3.63, 3.8) is 0 Å². The van der Waals surface area contributed by atoms with E-state index in [-0.39, 0.29) is 17.7 Å². The van der Waals surface area contributed by atoms with E-state index in [2.05, 4.69) is 15.3 Å². The van der Waals surface area contributed by atoms with Crippen LogP contribution in [0.25, 0.3) is 10.9 Å². The number of rotatable bonds is 5. The van der Waals surface area contributed by atoms with E-state index in [1.54, 1.807) is 13.0 Å². The molecule has 0 saturated heterocycles. The highest BCUT2D eigenvalue weighted by Crippen LogP contribution is 2.38. The zero-order valence-corrected chi connectivity index (χ0v) is 16.3. The molecule has 0 amide bonds. The molecule has 156 valence electrons. The van der Waals surface area contributed by atoms with E-state index in [0.717, 1.165) is 11.6 Å². The summed E-state index contributed by atoms with van der Waals surface area (Å²) in [7, 11) is 1.28. The number of methoxy groups -OCH3 is 1. The van der Waals surface area contributed by atoms with E-state index in [0.29, 0.717) is 41.3 Å². The molecule has 4 rings (SSSR count). The van der Waals surface area contributed by atoms with Crippen molar-refractivity contribution in [1.82, 2.24) is 9.97 Å². The molecule has 0 bridgehead atoms. The highest BCUT2D eigenvalue weighted by Gasteiger charge is 2.27. The lowest BCUT2D eigenvalue weighted by atomic mass is 10.0. The standard InChI is InChI=1S/C21H18F3N3O3/c1-10-26-17-13-6-7-30-18(13)15(21(28)29-2)8-14(17)20(27-10)25-9-11-4-3-5-12(16(11)22)19(23)24/h3-5,8,19H,6-7,9H2,1-2H3,(H,25,26,27). The second-order valence-corrected chi connectivity index (χ2v) is 6.81. The summed E-state index contributed by atoms with van der Waals surface area (Å²) in [5, 5.41) is 3.54. The van der Waals surface area contributed by atoms with Crippen LogP contribution in [-0.2, 0) is 17.7 Å². The molecule has 2 heterocycles. The number of esters is 1. The van der Waals surface area contributed by atoms with Gasteiger partial charge in [-0.05, 0) is 13.0 Å². The predicted molar refractivity (Wildman–Crippen MR) is 103 cm³/mol. The molecule has 0 radical (unpaired) electrons. The van der Waals surface area contributed by atoms with Crippen LogP contribution in [0.2, 0.25) is 0 Å². The van der Waals surface area contributed by atoms with Crippen LogP contribution in [0, 0.1) is 12.7 Å². The molecule has 6 nitrogen and oxygen atoms in total. The van der Waals surface area contributed by atoms with Gasteiger partial charge in [0.25, 0.3) is 6.43 Å². The third-order valence-corrected chi connectivity index (χ3v) is 4.94. The van der Waals surface area contributed by atoms with Crippen molar-refractivity contribution in [2.75, 3.05) is 19.0 Å². The molecule has 0 atom stereocenters. The van der Waals surface area contributed by atoms with Gasteiger partial charge in [0.1, 0.15) is 28.8 Å². The topological polar surface area (TPSA) is 73.3 Å². The molecule has 1 aliphatic heterocycles. The van der Waals surface area contributed by atoms with Gasteiger partial charge in [-0.2, -0.15) is 0 Å². The lowest BCUT2D eigenvalue weighted by Crippen LogP contribution is -2.09. The molecule has 0 unspecified atom stereocenters. The summed E-state index contributed by atoms with van der Waals surface area (Å²) >= 11 is 0. The number of aromatic nitrogens is 2. The molecule has 30 heavy (non-hydrogen) atoms. The number of anilines is 1. The van der Waals surface area contributed by atoms with Crippen LogP contribution in [0.4, 0.5) is 19.0 Å². The second kappa shape index (κ2) is 7.81. The number of aryl methyl sites for hydroxylation is 1. The van der Waals surface area contributed by atoms with E-state index in [1.807, 2.05) is 0 Å². The van der Waals surface area contributed by atoms with Gasteiger partial charge in [0.05, 0.1) is 24.8 Å². The maximum Gasteiger partial charge on any atom is 0.341 e. The predicted octanol–water partition coefficient (Wildman–Crippen LogP) is 4.35. The SMILES string of the molecule is COC(=O)c1cc2c(NCc3cccc(C(F)F)c3F)nc(C)nc2c2c1OCC2. The molecule has 2 aromatic carbocycles. The van der Waals surface area contributed by atoms with Crippen molar-refractivity contribution in [1.29, 1.82) is 0 Å². The molecule has 1 aliphatic rings. The first kappa shape index (κ1) is 19.9. The van der Waals surface area contributed by atoms with Crippen LogP contribution in [0.3, 0.4) is 0 Å². The van der Waals surface area contributed by atoms with E-state index < -0.39 is 23.8 Å². The van der Waals surface area contributed by atoms with Gasteiger partial charge in [-0.25, -0.2) is 27.9 Å². The van der Waals surface area contributed by atoms with Crippen molar-refractivity contribution in [3.8, 4) is 5.75 Å². The summed E-state index contributed by atoms with van der Waals surface area (Å²) in [5.74, 6) is -0.253. The first-order valence-corrected chi connectivity index (χ1v) is 9.25. The minimum atomic E-state index is -2.91. The molecule has 0 spiro atoms. The Labute approximate surface area is 170 Å². The van der Waals surface area contributed by atoms with Gasteiger partial charge in [0.2, 0.25) is 0 Å². The van der Waals surface area contributed by atoms with Gasteiger partial charge in [-0.1, -0.05) is 18.2 Å². The number of carbonyl (C=O) groups excluding carboxylic acids is 1. The lowest BCUT2D eigenvalue weighted by molar-refractivity contribution is 0.0597. The third kappa shape index (κ3) is 3.40. The number of ether oxygens (including phenoxy) is 2. The Kier molecular flexibility index (Phi) is 5.19. The van der Waals surface area contributed by atoms with E-state index in [4.69, 9.17) is 9.47 Å². The number of hydrogen-bond acceptors (Lipinski definition) is 6. The van der Waals surface area contributed by atoms with Crippen molar-refractivity contribution >= 4 is 22.7 Å². The zero-order valence-electron chi connectivity index (χ0n) is 16.3. The maximum atomic E-state index is 14.4. The number of nitrogens with one attached hydrogen (secondary N) is 1. The smallest absolute Gasteiger partial charge is 0.341 e. The third-order valence-electron chi connectivity index (χ3n) is 4.94. The largest absolute Gasteiger partial charge is 0.492 e. The fourth-order valence-corrected chi connectivity index (χ4v) is 3.56. The van der Waals surface area contributed by atoms with Gasteiger partial charge in [0.15, 0.2) is 0 Å². The average molecular weight is 417 g/mol. The van der Waals surface area contributed by atoms with E-state index >= 15 is 0 Å². The average Bonchev–Trinajstić information content (AvgIpc) is 3.21. The highest BCUT2D eigenvalue weighted by atomic mass is 19.3. The van der Waals surface area contributed by atoms with Crippen LogP contribution < -0.4 is 10.1 Å². The first-order valence-electron chi connectivity index (χ1n) is 9.25. The zero-order chi connectivity index (χ0) is 21.4. The Morgan fingerprint density at radius 1 is 1.33 bits per heavy atom. The molecule has 1 N–H and O–H groups in total. The second-order valence-electron chi connectivity index (χ2n) is 6.81. The maximum absolute atomic E-state index is 14.4. The molecule has 0 fully saturated rings. The summed E-state index contributed by atoms with van der Waals surface area (Å²) in [6.07, 6.45) is -2.34. The molecule has 0 aliphatic carbocycles. The number of benzene rings is 2. The molecular weight excluding hydrogens is 399 g/mol. The van der Waals surface area contributed by atoms with Gasteiger partial charge < -0.3 is 14.8 Å². The number of halogens is 3. The fraction of sp³-hybridized carbons (Fsp3) is 0.286. The molecule has 0 saturated carbocycles. The van der Waals surface area contributed by atoms with Crippen LogP contribution >= 0.6 is 0 Å². The minimum Gasteiger partial charge on any atom is -0.492 e. The van der Waals surface area contributed by atoms with Crippen molar-refractivity contribution in [3.05, 3.63) is 58.2 Å². The normalized spacial score (nSPS) is 12.7. The number of fused-ring (bicyclic) bond motifs is 3. The summed E-state index contributed by atoms with van der Waals surface area (Å²) in [4.78, 5) is 21.1. The fourth-order valence-electron chi connectivity index (χ4n) is 3.56. The van der Waals surface area contributed by atoms with E-state index in [1.165, 1.54) is 19.2 Å². The quantitative estimate of drug-likeness (QED) is 0.623. The number of nitrogens with zero attached hydrogens (tertiary/aromatic N) is 2. The number of carbonyl (C=O) groups is 1. The number of alkyl halides is 2. The van der Waals surface area contributed by atoms with Gasteiger partial charge >= 0.3 is 5.97 Å². The van der Waals surface area contributed by atoms with Crippen LogP contribution in [0.5, 0.6) is 5.75 Å². The van der Waals surface area contributed by atoms with Crippen LogP contribution in [-0.4, -0.2) is 29.7 Å². The summed E-state index contributed by atoms with van der Waals surface area (Å²) < 4.78 is 50.8. The highest BCUT2D eigenvalue weighted by molar-refractivity contribution is 6.03. The van der Waals surface area contributed by atoms with Crippen molar-refractivity contribution < 1.29 is 27.4 Å². The Morgan fingerprint density at radius 2 is 2.13 bits per heavy atom. The van der Waals surface area contributed by atoms with Gasteiger partial charge in [-0.3, -0.25) is 0 Å². The summed E-state index contributed by atoms with van der Waals surface area (Å²) in [6.45, 7) is 2.05. The molecule has 9 heteroatoms. The minimum absolute atomic E-state index is 0.0703. The van der Waals surface area contributed by atoms with Crippen LogP contribution in [0.15, 0.2) is 24.3 Å². The molecular formula is C21H18F3N3O3. The Hall–Kier alpha value is -3.36. The van der Waals surface area contributed by atoms with Gasteiger partial charge in [0, 0.05) is 29.5 Å². The van der Waals surface area contributed by atoms with E-state index in [9.17, 15) is 18.0 Å². The Morgan fingerprint density at radius 3 is 2.87 bits per heavy atom. The Balaban J connectivity index is 1.78. The summed E-state index contributed by atoms with van der Waals surface area (Å²) in [6, 6.07) is 5.43. The van der Waals surface area contributed by atoms with Crippen LogP contribution in [0.1, 0.15) is 39.3 Å². The Bertz CT molecular complexity index is 1150.